The Labute approximate surface area is 340 Å². The van der Waals surface area contributed by atoms with Gasteiger partial charge in [0, 0.05) is 26.2 Å². The van der Waals surface area contributed by atoms with E-state index in [0.717, 1.165) is 16.7 Å². The number of methoxy groups -OCH3 is 1. The first-order valence-corrected chi connectivity index (χ1v) is 19.8. The maximum atomic E-state index is 14.9. The second-order valence-electron chi connectivity index (χ2n) is 14.4. The normalized spacial score (nSPS) is 16.9. The van der Waals surface area contributed by atoms with Crippen molar-refractivity contribution < 1.29 is 38.1 Å². The molecule has 10 heteroatoms. The monoisotopic (exact) mass is 782 g/mol. The van der Waals surface area contributed by atoms with Gasteiger partial charge >= 0.3 is 11.9 Å². The lowest BCUT2D eigenvalue weighted by Gasteiger charge is -2.49. The van der Waals surface area contributed by atoms with Crippen LogP contribution in [0.25, 0.3) is 0 Å². The Morgan fingerprint density at radius 1 is 0.466 bits per heavy atom. The van der Waals surface area contributed by atoms with Gasteiger partial charge in [-0.1, -0.05) is 105 Å². The number of rotatable bonds is 18. The highest BCUT2D eigenvalue weighted by Gasteiger charge is 2.65. The summed E-state index contributed by atoms with van der Waals surface area (Å²) < 4.78 is 22.9. The molecular formula is C48H50N2O8. The number of ether oxygens (including phenoxy) is 4. The molecule has 0 saturated heterocycles. The van der Waals surface area contributed by atoms with Crippen LogP contribution in [0.4, 0.5) is 0 Å². The fraction of sp³-hybridized carbons (Fsp3) is 0.292. The summed E-state index contributed by atoms with van der Waals surface area (Å²) in [4.78, 5) is 60.6. The first-order valence-electron chi connectivity index (χ1n) is 19.8. The minimum Gasteiger partial charge on any atom is -0.469 e. The SMILES string of the molecule is CCCN(Cc1ccc(Oc2ccccc2)cc1)C(=O)C1C(C(=O)OC)C(C(=O)OCc2ccccc2)C1C(=O)N(CCC)Cc1ccc(Oc2ccccc2)cc1. The number of esters is 2. The summed E-state index contributed by atoms with van der Waals surface area (Å²) in [7, 11) is 1.23. The van der Waals surface area contributed by atoms with E-state index in [1.807, 2.05) is 153 Å². The van der Waals surface area contributed by atoms with Gasteiger partial charge in [0.05, 0.1) is 30.8 Å². The molecule has 10 nitrogen and oxygen atoms in total. The Kier molecular flexibility index (Phi) is 14.3. The summed E-state index contributed by atoms with van der Waals surface area (Å²) in [6.07, 6.45) is 1.26. The van der Waals surface area contributed by atoms with Crippen molar-refractivity contribution in [2.75, 3.05) is 20.2 Å². The number of benzene rings is 5. The predicted molar refractivity (Wildman–Crippen MR) is 220 cm³/mol. The van der Waals surface area contributed by atoms with Crippen LogP contribution in [0, 0.1) is 23.7 Å². The van der Waals surface area contributed by atoms with E-state index in [2.05, 4.69) is 0 Å². The molecule has 58 heavy (non-hydrogen) atoms. The molecule has 1 saturated carbocycles. The summed E-state index contributed by atoms with van der Waals surface area (Å²) in [6.45, 7) is 5.05. The number of hydrogen-bond acceptors (Lipinski definition) is 8. The average Bonchev–Trinajstić information content (AvgIpc) is 3.24. The predicted octanol–water partition coefficient (Wildman–Crippen LogP) is 8.84. The number of nitrogens with zero attached hydrogens (tertiary/aromatic N) is 2. The first kappa shape index (κ1) is 41.2. The van der Waals surface area contributed by atoms with Gasteiger partial charge < -0.3 is 28.7 Å². The largest absolute Gasteiger partial charge is 0.469 e. The Hall–Kier alpha value is -6.42. The molecule has 0 heterocycles. The molecule has 1 aliphatic rings. The van der Waals surface area contributed by atoms with Crippen LogP contribution in [0.3, 0.4) is 0 Å². The lowest BCUT2D eigenvalue weighted by Crippen LogP contribution is -2.64. The highest BCUT2D eigenvalue weighted by atomic mass is 16.5. The van der Waals surface area contributed by atoms with E-state index < -0.39 is 47.4 Å². The van der Waals surface area contributed by atoms with Crippen LogP contribution in [0.2, 0.25) is 0 Å². The van der Waals surface area contributed by atoms with E-state index in [1.54, 1.807) is 9.80 Å². The van der Waals surface area contributed by atoms with Crippen molar-refractivity contribution in [3.8, 4) is 23.0 Å². The third kappa shape index (κ3) is 10.3. The molecule has 6 rings (SSSR count). The highest BCUT2D eigenvalue weighted by Crippen LogP contribution is 2.50. The van der Waals surface area contributed by atoms with Gasteiger partial charge in [-0.3, -0.25) is 19.2 Å². The van der Waals surface area contributed by atoms with Crippen LogP contribution in [0.15, 0.2) is 140 Å². The zero-order valence-corrected chi connectivity index (χ0v) is 33.2. The van der Waals surface area contributed by atoms with Crippen LogP contribution in [0.1, 0.15) is 43.4 Å². The Morgan fingerprint density at radius 3 is 1.24 bits per heavy atom. The molecule has 0 bridgehead atoms. The van der Waals surface area contributed by atoms with E-state index >= 15 is 0 Å². The molecule has 0 aliphatic heterocycles. The molecule has 0 N–H and O–H groups in total. The van der Waals surface area contributed by atoms with Gasteiger partial charge in [0.25, 0.3) is 0 Å². The molecular weight excluding hydrogens is 733 g/mol. The molecule has 4 unspecified atom stereocenters. The average molecular weight is 783 g/mol. The van der Waals surface area contributed by atoms with Crippen LogP contribution >= 0.6 is 0 Å². The Balaban J connectivity index is 1.27. The van der Waals surface area contributed by atoms with Crippen LogP contribution in [0.5, 0.6) is 23.0 Å². The topological polar surface area (TPSA) is 112 Å². The molecule has 1 fully saturated rings. The van der Waals surface area contributed by atoms with Crippen molar-refractivity contribution in [2.45, 2.75) is 46.4 Å². The molecule has 5 aromatic carbocycles. The van der Waals surface area contributed by atoms with Gasteiger partial charge in [0.2, 0.25) is 11.8 Å². The molecule has 2 amide bonds. The summed E-state index contributed by atoms with van der Waals surface area (Å²) >= 11 is 0. The smallest absolute Gasteiger partial charge is 0.311 e. The van der Waals surface area contributed by atoms with Gasteiger partial charge in [0.1, 0.15) is 29.6 Å². The standard InChI is InChI=1S/C48H50N2O8/c1-4-29-49(31-34-21-25-39(26-22-34)57-37-17-11-7-12-18-37)45(51)41-42(44(43(41)47(53)55-3)48(54)56-33-36-15-9-6-10-16-36)46(52)50(30-5-2)32-35-23-27-40(28-24-35)58-38-19-13-8-14-20-38/h6-28,41-44H,4-5,29-33H2,1-3H3. The van der Waals surface area contributed by atoms with Crippen molar-refractivity contribution in [3.63, 3.8) is 0 Å². The van der Waals surface area contributed by atoms with Gasteiger partial charge in [-0.25, -0.2) is 0 Å². The van der Waals surface area contributed by atoms with Crippen LogP contribution < -0.4 is 9.47 Å². The molecule has 0 aromatic heterocycles. The maximum Gasteiger partial charge on any atom is 0.311 e. The molecule has 1 aliphatic carbocycles. The van der Waals surface area contributed by atoms with Crippen molar-refractivity contribution >= 4 is 23.8 Å². The van der Waals surface area contributed by atoms with Gasteiger partial charge in [-0.2, -0.15) is 0 Å². The number of amides is 2. The first-order chi connectivity index (χ1) is 28.3. The van der Waals surface area contributed by atoms with E-state index in [1.165, 1.54) is 7.11 Å². The lowest BCUT2D eigenvalue weighted by atomic mass is 9.55. The fourth-order valence-electron chi connectivity index (χ4n) is 7.42. The minimum absolute atomic E-state index is 0.0500. The second kappa shape index (κ2) is 20.1. The molecule has 0 spiro atoms. The van der Waals surface area contributed by atoms with Crippen molar-refractivity contribution in [1.29, 1.82) is 0 Å². The lowest BCUT2D eigenvalue weighted by molar-refractivity contribution is -0.192. The van der Waals surface area contributed by atoms with E-state index in [4.69, 9.17) is 18.9 Å². The van der Waals surface area contributed by atoms with Crippen molar-refractivity contribution in [1.82, 2.24) is 9.80 Å². The quantitative estimate of drug-likeness (QED) is 0.0811. The van der Waals surface area contributed by atoms with Gasteiger partial charge in [-0.05, 0) is 78.1 Å². The molecule has 5 aromatic rings. The zero-order chi connectivity index (χ0) is 40.9. The summed E-state index contributed by atoms with van der Waals surface area (Å²) in [6, 6.07) is 43.0. The highest BCUT2D eigenvalue weighted by molar-refractivity contribution is 6.00. The Bertz CT molecular complexity index is 2090. The van der Waals surface area contributed by atoms with Crippen molar-refractivity contribution in [2.24, 2.45) is 23.7 Å². The number of carbonyl (C=O) groups is 4. The third-order valence-corrected chi connectivity index (χ3v) is 10.2. The van der Waals surface area contributed by atoms with Crippen LogP contribution in [-0.4, -0.2) is 53.8 Å². The second-order valence-corrected chi connectivity index (χ2v) is 14.4. The summed E-state index contributed by atoms with van der Waals surface area (Å²) in [5.74, 6) is -4.31. The Morgan fingerprint density at radius 2 is 0.845 bits per heavy atom. The van der Waals surface area contributed by atoms with E-state index in [0.29, 0.717) is 48.9 Å². The van der Waals surface area contributed by atoms with Crippen LogP contribution in [-0.2, 0) is 48.3 Å². The van der Waals surface area contributed by atoms with Crippen molar-refractivity contribution in [3.05, 3.63) is 156 Å². The summed E-state index contributed by atoms with van der Waals surface area (Å²) in [5.41, 5.74) is 2.43. The maximum absolute atomic E-state index is 14.9. The van der Waals surface area contributed by atoms with Gasteiger partial charge in [0.15, 0.2) is 0 Å². The van der Waals surface area contributed by atoms with E-state index in [-0.39, 0.29) is 19.7 Å². The van der Waals surface area contributed by atoms with Gasteiger partial charge in [-0.15, -0.1) is 0 Å². The molecule has 0 radical (unpaired) electrons. The molecule has 300 valence electrons. The molecule has 4 atom stereocenters. The third-order valence-electron chi connectivity index (χ3n) is 10.2. The fourth-order valence-corrected chi connectivity index (χ4v) is 7.42. The number of para-hydroxylation sites is 2. The summed E-state index contributed by atoms with van der Waals surface area (Å²) in [5, 5.41) is 0. The number of carbonyl (C=O) groups excluding carboxylic acids is 4. The van der Waals surface area contributed by atoms with E-state index in [9.17, 15) is 19.2 Å². The minimum atomic E-state index is -1.23. The number of hydrogen-bond donors (Lipinski definition) is 0. The zero-order valence-electron chi connectivity index (χ0n) is 33.2.